The van der Waals surface area contributed by atoms with Gasteiger partial charge in [-0.05, 0) is 52.3 Å². The van der Waals surface area contributed by atoms with Crippen LogP contribution in [0.15, 0.2) is 46.9 Å². The van der Waals surface area contributed by atoms with E-state index in [-0.39, 0.29) is 11.3 Å². The Balaban J connectivity index is 2.33. The number of amides is 1. The second kappa shape index (κ2) is 6.01. The first-order chi connectivity index (χ1) is 9.90. The van der Waals surface area contributed by atoms with Crippen molar-refractivity contribution in [3.8, 4) is 0 Å². The molecule has 0 saturated heterocycles. The number of benzene rings is 2. The SMILES string of the molecule is CN(C(=O)c1ccc(Br)c([N+](=O)[O-])c1)c1ccc(F)cc1. The zero-order valence-electron chi connectivity index (χ0n) is 10.9. The minimum atomic E-state index is -0.571. The minimum Gasteiger partial charge on any atom is -0.311 e. The average molecular weight is 353 g/mol. The highest BCUT2D eigenvalue weighted by Gasteiger charge is 2.19. The molecule has 0 N–H and O–H groups in total. The summed E-state index contributed by atoms with van der Waals surface area (Å²) in [4.78, 5) is 23.9. The first-order valence-corrected chi connectivity index (χ1v) is 6.67. The predicted octanol–water partition coefficient (Wildman–Crippen LogP) is 3.77. The Morgan fingerprint density at radius 2 is 1.86 bits per heavy atom. The van der Waals surface area contributed by atoms with Gasteiger partial charge in [-0.3, -0.25) is 14.9 Å². The van der Waals surface area contributed by atoms with Gasteiger partial charge in [-0.25, -0.2) is 4.39 Å². The van der Waals surface area contributed by atoms with Crippen LogP contribution in [0, 0.1) is 15.9 Å². The zero-order valence-corrected chi connectivity index (χ0v) is 12.5. The minimum absolute atomic E-state index is 0.178. The van der Waals surface area contributed by atoms with Gasteiger partial charge in [-0.2, -0.15) is 0 Å². The van der Waals surface area contributed by atoms with Crippen LogP contribution in [0.25, 0.3) is 0 Å². The van der Waals surface area contributed by atoms with Crippen molar-refractivity contribution < 1.29 is 14.1 Å². The average Bonchev–Trinajstić information content (AvgIpc) is 2.46. The van der Waals surface area contributed by atoms with Crippen LogP contribution in [0.4, 0.5) is 15.8 Å². The summed E-state index contributed by atoms with van der Waals surface area (Å²) in [6.07, 6.45) is 0. The molecule has 0 atom stereocenters. The number of hydrogen-bond acceptors (Lipinski definition) is 3. The van der Waals surface area contributed by atoms with Crippen molar-refractivity contribution in [2.45, 2.75) is 0 Å². The van der Waals surface area contributed by atoms with Crippen molar-refractivity contribution >= 4 is 33.2 Å². The number of rotatable bonds is 3. The largest absolute Gasteiger partial charge is 0.311 e. The van der Waals surface area contributed by atoms with E-state index in [0.29, 0.717) is 10.2 Å². The Morgan fingerprint density at radius 1 is 1.24 bits per heavy atom. The molecular weight excluding hydrogens is 343 g/mol. The van der Waals surface area contributed by atoms with Crippen LogP contribution in [-0.2, 0) is 0 Å². The van der Waals surface area contributed by atoms with Gasteiger partial charge in [-0.1, -0.05) is 0 Å². The van der Waals surface area contributed by atoms with Gasteiger partial charge >= 0.3 is 0 Å². The summed E-state index contributed by atoms with van der Waals surface area (Å²) < 4.78 is 13.2. The molecule has 5 nitrogen and oxygen atoms in total. The van der Waals surface area contributed by atoms with Crippen molar-refractivity contribution in [3.05, 3.63) is 68.4 Å². The first-order valence-electron chi connectivity index (χ1n) is 5.87. The lowest BCUT2D eigenvalue weighted by molar-refractivity contribution is -0.385. The summed E-state index contributed by atoms with van der Waals surface area (Å²) in [6, 6.07) is 9.53. The smallest absolute Gasteiger partial charge is 0.284 e. The summed E-state index contributed by atoms with van der Waals surface area (Å²) in [5.41, 5.74) is 0.483. The normalized spacial score (nSPS) is 10.2. The molecule has 0 spiro atoms. The molecule has 2 rings (SSSR count). The number of nitro groups is 1. The van der Waals surface area contributed by atoms with Crippen LogP contribution >= 0.6 is 15.9 Å². The summed E-state index contributed by atoms with van der Waals surface area (Å²) in [7, 11) is 1.52. The second-order valence-electron chi connectivity index (χ2n) is 4.26. The van der Waals surface area contributed by atoms with Gasteiger partial charge in [0.1, 0.15) is 5.82 Å². The van der Waals surface area contributed by atoms with Gasteiger partial charge < -0.3 is 4.90 Å². The molecule has 0 fully saturated rings. The first kappa shape index (κ1) is 15.1. The van der Waals surface area contributed by atoms with Crippen molar-refractivity contribution in [1.29, 1.82) is 0 Å². The van der Waals surface area contributed by atoms with E-state index < -0.39 is 16.6 Å². The Labute approximate surface area is 128 Å². The lowest BCUT2D eigenvalue weighted by Crippen LogP contribution is -2.26. The highest BCUT2D eigenvalue weighted by atomic mass is 79.9. The van der Waals surface area contributed by atoms with E-state index in [1.54, 1.807) is 0 Å². The van der Waals surface area contributed by atoms with E-state index in [1.165, 1.54) is 54.4 Å². The van der Waals surface area contributed by atoms with E-state index in [4.69, 9.17) is 0 Å². The standard InChI is InChI=1S/C14H10BrFN2O3/c1-17(11-5-3-10(16)4-6-11)14(19)9-2-7-12(15)13(8-9)18(20)21/h2-8H,1H3. The lowest BCUT2D eigenvalue weighted by atomic mass is 10.1. The molecule has 1 amide bonds. The van der Waals surface area contributed by atoms with Gasteiger partial charge in [0, 0.05) is 24.4 Å². The fourth-order valence-corrected chi connectivity index (χ4v) is 2.15. The summed E-state index contributed by atoms with van der Waals surface area (Å²) in [5.74, 6) is -0.823. The quantitative estimate of drug-likeness (QED) is 0.623. The fraction of sp³-hybridized carbons (Fsp3) is 0.0714. The van der Waals surface area contributed by atoms with Crippen LogP contribution in [0.5, 0.6) is 0 Å². The molecule has 2 aromatic carbocycles. The molecule has 0 aliphatic rings. The third-order valence-corrected chi connectivity index (χ3v) is 3.58. The van der Waals surface area contributed by atoms with Crippen LogP contribution < -0.4 is 4.90 Å². The van der Waals surface area contributed by atoms with Crippen molar-refractivity contribution in [1.82, 2.24) is 0 Å². The Morgan fingerprint density at radius 3 is 2.43 bits per heavy atom. The van der Waals surface area contributed by atoms with Gasteiger partial charge in [0.2, 0.25) is 0 Å². The lowest BCUT2D eigenvalue weighted by Gasteiger charge is -2.17. The van der Waals surface area contributed by atoms with Gasteiger partial charge in [-0.15, -0.1) is 0 Å². The molecule has 0 aromatic heterocycles. The third-order valence-electron chi connectivity index (χ3n) is 2.91. The summed E-state index contributed by atoms with van der Waals surface area (Å²) in [5, 5.41) is 10.9. The maximum atomic E-state index is 12.9. The number of carbonyl (C=O) groups is 1. The molecule has 2 aromatic rings. The zero-order chi connectivity index (χ0) is 15.6. The Bertz CT molecular complexity index is 704. The van der Waals surface area contributed by atoms with Crippen LogP contribution in [-0.4, -0.2) is 17.9 Å². The molecule has 0 saturated carbocycles. The van der Waals surface area contributed by atoms with Gasteiger partial charge in [0.05, 0.1) is 9.40 Å². The van der Waals surface area contributed by atoms with Crippen LogP contribution in [0.2, 0.25) is 0 Å². The molecule has 7 heteroatoms. The summed E-state index contributed by atoms with van der Waals surface area (Å²) >= 11 is 3.06. The van der Waals surface area contributed by atoms with E-state index in [0.717, 1.165) is 0 Å². The highest BCUT2D eigenvalue weighted by molar-refractivity contribution is 9.10. The highest BCUT2D eigenvalue weighted by Crippen LogP contribution is 2.26. The molecule has 0 aliphatic carbocycles. The summed E-state index contributed by atoms with van der Waals surface area (Å²) in [6.45, 7) is 0. The molecule has 0 unspecified atom stereocenters. The third kappa shape index (κ3) is 3.25. The molecule has 0 aliphatic heterocycles. The molecule has 0 bridgehead atoms. The predicted molar refractivity (Wildman–Crippen MR) is 79.9 cm³/mol. The number of carbonyl (C=O) groups excluding carboxylic acids is 1. The maximum Gasteiger partial charge on any atom is 0.284 e. The van der Waals surface area contributed by atoms with E-state index >= 15 is 0 Å². The Kier molecular flexibility index (Phi) is 4.32. The molecule has 0 radical (unpaired) electrons. The van der Waals surface area contributed by atoms with Crippen molar-refractivity contribution in [3.63, 3.8) is 0 Å². The molecular formula is C14H10BrFN2O3. The van der Waals surface area contributed by atoms with Crippen LogP contribution in [0.3, 0.4) is 0 Å². The van der Waals surface area contributed by atoms with E-state index in [9.17, 15) is 19.3 Å². The fourth-order valence-electron chi connectivity index (χ4n) is 1.76. The van der Waals surface area contributed by atoms with Gasteiger partial charge in [0.25, 0.3) is 11.6 Å². The molecule has 21 heavy (non-hydrogen) atoms. The topological polar surface area (TPSA) is 63.5 Å². The van der Waals surface area contributed by atoms with Gasteiger partial charge in [0.15, 0.2) is 0 Å². The van der Waals surface area contributed by atoms with Crippen molar-refractivity contribution in [2.75, 3.05) is 11.9 Å². The van der Waals surface area contributed by atoms with Crippen molar-refractivity contribution in [2.24, 2.45) is 0 Å². The Hall–Kier alpha value is -2.28. The van der Waals surface area contributed by atoms with E-state index in [1.807, 2.05) is 0 Å². The van der Waals surface area contributed by atoms with Crippen LogP contribution in [0.1, 0.15) is 10.4 Å². The second-order valence-corrected chi connectivity index (χ2v) is 5.12. The number of nitrogens with zero attached hydrogens (tertiary/aromatic N) is 2. The number of nitro benzene ring substituents is 1. The molecule has 108 valence electrons. The number of hydrogen-bond donors (Lipinski definition) is 0. The number of halogens is 2. The molecule has 0 heterocycles. The number of anilines is 1. The monoisotopic (exact) mass is 352 g/mol. The van der Waals surface area contributed by atoms with E-state index in [2.05, 4.69) is 15.9 Å². The maximum absolute atomic E-state index is 12.9.